The largest absolute Gasteiger partial charge is 0.490 e. The maximum Gasteiger partial charge on any atom is 0.227 e. The van der Waals surface area contributed by atoms with Crippen LogP contribution in [-0.4, -0.2) is 25.0 Å². The van der Waals surface area contributed by atoms with Gasteiger partial charge in [-0.25, -0.2) is 0 Å². The summed E-state index contributed by atoms with van der Waals surface area (Å²) in [6, 6.07) is 5.65. The van der Waals surface area contributed by atoms with Crippen LogP contribution in [0.3, 0.4) is 0 Å². The van der Waals surface area contributed by atoms with Crippen LogP contribution in [0, 0.1) is 0 Å². The van der Waals surface area contributed by atoms with Gasteiger partial charge in [-0.3, -0.25) is 14.9 Å². The molecule has 1 N–H and O–H groups in total. The Morgan fingerprint density at radius 3 is 2.42 bits per heavy atom. The number of amides is 2. The monoisotopic (exact) mass is 261 g/mol. The summed E-state index contributed by atoms with van der Waals surface area (Å²) < 4.78 is 11.2. The van der Waals surface area contributed by atoms with Gasteiger partial charge in [0, 0.05) is 25.2 Å². The number of benzene rings is 1. The summed E-state index contributed by atoms with van der Waals surface area (Å²) in [6.07, 6.45) is 1.53. The average molecular weight is 261 g/mol. The van der Waals surface area contributed by atoms with Gasteiger partial charge in [0.05, 0.1) is 13.2 Å². The molecule has 1 saturated heterocycles. The second kappa shape index (κ2) is 4.91. The summed E-state index contributed by atoms with van der Waals surface area (Å²) in [6.45, 7) is 1.28. The van der Waals surface area contributed by atoms with Gasteiger partial charge in [0.25, 0.3) is 0 Å². The van der Waals surface area contributed by atoms with Gasteiger partial charge >= 0.3 is 0 Å². The molecule has 3 rings (SSSR count). The zero-order valence-electron chi connectivity index (χ0n) is 10.5. The number of rotatable bonds is 1. The molecule has 0 unspecified atom stereocenters. The van der Waals surface area contributed by atoms with E-state index in [1.807, 2.05) is 18.2 Å². The molecule has 1 fully saturated rings. The fourth-order valence-corrected chi connectivity index (χ4v) is 2.45. The van der Waals surface area contributed by atoms with Crippen LogP contribution in [-0.2, 0) is 9.59 Å². The lowest BCUT2D eigenvalue weighted by Gasteiger charge is -2.22. The number of imide groups is 1. The molecule has 5 heteroatoms. The Labute approximate surface area is 110 Å². The van der Waals surface area contributed by atoms with E-state index < -0.39 is 0 Å². The molecule has 1 aromatic carbocycles. The summed E-state index contributed by atoms with van der Waals surface area (Å²) >= 11 is 0. The molecule has 0 aromatic heterocycles. The first-order chi connectivity index (χ1) is 9.22. The molecule has 1 aromatic rings. The highest BCUT2D eigenvalue weighted by molar-refractivity contribution is 5.98. The van der Waals surface area contributed by atoms with Crippen LogP contribution in [0.1, 0.15) is 30.7 Å². The quantitative estimate of drug-likeness (QED) is 0.775. The summed E-state index contributed by atoms with van der Waals surface area (Å²) in [5.74, 6) is 0.932. The molecule has 0 aliphatic carbocycles. The Morgan fingerprint density at radius 1 is 1.00 bits per heavy atom. The minimum Gasteiger partial charge on any atom is -0.490 e. The summed E-state index contributed by atoms with van der Waals surface area (Å²) in [7, 11) is 0. The van der Waals surface area contributed by atoms with Gasteiger partial charge in [0.15, 0.2) is 11.5 Å². The molecule has 2 aliphatic rings. The van der Waals surface area contributed by atoms with Gasteiger partial charge in [0.2, 0.25) is 11.8 Å². The maximum absolute atomic E-state index is 11.4. The maximum atomic E-state index is 11.4. The van der Waals surface area contributed by atoms with Gasteiger partial charge in [-0.2, -0.15) is 0 Å². The smallest absolute Gasteiger partial charge is 0.227 e. The number of fused-ring (bicyclic) bond motifs is 1. The minimum absolute atomic E-state index is 0.0709. The molecule has 0 saturated carbocycles. The zero-order chi connectivity index (χ0) is 13.2. The van der Waals surface area contributed by atoms with E-state index in [0.717, 1.165) is 17.7 Å². The number of nitrogens with one attached hydrogen (secondary N) is 1. The number of hydrogen-bond donors (Lipinski definition) is 1. The van der Waals surface area contributed by atoms with Crippen LogP contribution < -0.4 is 14.8 Å². The molecule has 0 radical (unpaired) electrons. The minimum atomic E-state index is -0.214. The predicted molar refractivity (Wildman–Crippen MR) is 67.2 cm³/mol. The van der Waals surface area contributed by atoms with Crippen molar-refractivity contribution in [1.29, 1.82) is 0 Å². The Kier molecular flexibility index (Phi) is 3.11. The third-order valence-electron chi connectivity index (χ3n) is 3.39. The highest BCUT2D eigenvalue weighted by Gasteiger charge is 2.27. The second-order valence-electron chi connectivity index (χ2n) is 4.83. The van der Waals surface area contributed by atoms with Crippen molar-refractivity contribution in [3.05, 3.63) is 23.8 Å². The molecule has 2 aliphatic heterocycles. The normalized spacial score (nSPS) is 19.8. The van der Waals surface area contributed by atoms with Crippen molar-refractivity contribution in [2.24, 2.45) is 0 Å². The Bertz CT molecular complexity index is 510. The molecule has 2 heterocycles. The van der Waals surface area contributed by atoms with Gasteiger partial charge in [-0.15, -0.1) is 0 Å². The number of carbonyl (C=O) groups is 2. The van der Waals surface area contributed by atoms with Gasteiger partial charge < -0.3 is 9.47 Å². The van der Waals surface area contributed by atoms with Crippen LogP contribution in [0.4, 0.5) is 0 Å². The van der Waals surface area contributed by atoms with E-state index in [2.05, 4.69) is 5.32 Å². The number of carbonyl (C=O) groups excluding carboxylic acids is 2. The lowest BCUT2D eigenvalue weighted by molar-refractivity contribution is -0.133. The van der Waals surface area contributed by atoms with Crippen LogP contribution in [0.25, 0.3) is 0 Å². The van der Waals surface area contributed by atoms with E-state index >= 15 is 0 Å². The second-order valence-corrected chi connectivity index (χ2v) is 4.83. The molecule has 0 bridgehead atoms. The molecule has 19 heavy (non-hydrogen) atoms. The number of hydrogen-bond acceptors (Lipinski definition) is 4. The topological polar surface area (TPSA) is 64.6 Å². The highest BCUT2D eigenvalue weighted by Crippen LogP contribution is 2.35. The van der Waals surface area contributed by atoms with Crippen LogP contribution in [0.2, 0.25) is 0 Å². The van der Waals surface area contributed by atoms with Crippen molar-refractivity contribution >= 4 is 11.8 Å². The number of ether oxygens (including phenoxy) is 2. The van der Waals surface area contributed by atoms with E-state index in [1.54, 1.807) is 0 Å². The van der Waals surface area contributed by atoms with Crippen molar-refractivity contribution < 1.29 is 19.1 Å². The summed E-state index contributed by atoms with van der Waals surface area (Å²) in [5, 5.41) is 2.32. The third-order valence-corrected chi connectivity index (χ3v) is 3.39. The van der Waals surface area contributed by atoms with E-state index in [1.165, 1.54) is 0 Å². The van der Waals surface area contributed by atoms with Gasteiger partial charge in [-0.1, -0.05) is 6.07 Å². The van der Waals surface area contributed by atoms with Crippen LogP contribution in [0.5, 0.6) is 11.5 Å². The Balaban J connectivity index is 1.87. The summed E-state index contributed by atoms with van der Waals surface area (Å²) in [4.78, 5) is 22.8. The molecule has 5 nitrogen and oxygen atoms in total. The fourth-order valence-electron chi connectivity index (χ4n) is 2.45. The standard InChI is InChI=1S/C14H15NO4/c16-13-7-10(8-14(17)15-13)9-2-3-11-12(6-9)19-5-1-4-18-11/h2-3,6,10H,1,4-5,7-8H2,(H,15,16,17). The van der Waals surface area contributed by atoms with Crippen molar-refractivity contribution in [1.82, 2.24) is 5.32 Å². The third kappa shape index (κ3) is 2.54. The Morgan fingerprint density at radius 2 is 1.68 bits per heavy atom. The average Bonchev–Trinajstić information content (AvgIpc) is 2.61. The molecular formula is C14H15NO4. The van der Waals surface area contributed by atoms with Crippen molar-refractivity contribution in [3.63, 3.8) is 0 Å². The Hall–Kier alpha value is -2.04. The van der Waals surface area contributed by atoms with Crippen LogP contribution in [0.15, 0.2) is 18.2 Å². The molecular weight excluding hydrogens is 246 g/mol. The first-order valence-corrected chi connectivity index (χ1v) is 6.44. The molecule has 100 valence electrons. The van der Waals surface area contributed by atoms with Crippen molar-refractivity contribution in [2.45, 2.75) is 25.2 Å². The molecule has 0 spiro atoms. The van der Waals surface area contributed by atoms with Crippen molar-refractivity contribution in [3.8, 4) is 11.5 Å². The van der Waals surface area contributed by atoms with Gasteiger partial charge in [-0.05, 0) is 17.7 Å². The van der Waals surface area contributed by atoms with Gasteiger partial charge in [0.1, 0.15) is 0 Å². The first kappa shape index (κ1) is 12.0. The highest BCUT2D eigenvalue weighted by atomic mass is 16.5. The van der Waals surface area contributed by atoms with Crippen molar-refractivity contribution in [2.75, 3.05) is 13.2 Å². The lowest BCUT2D eigenvalue weighted by Crippen LogP contribution is -2.37. The first-order valence-electron chi connectivity index (χ1n) is 6.44. The molecule has 2 amide bonds. The van der Waals surface area contributed by atoms with Crippen LogP contribution >= 0.6 is 0 Å². The van der Waals surface area contributed by atoms with E-state index in [-0.39, 0.29) is 17.7 Å². The predicted octanol–water partition coefficient (Wildman–Crippen LogP) is 1.37. The van der Waals surface area contributed by atoms with E-state index in [4.69, 9.17) is 9.47 Å². The lowest BCUT2D eigenvalue weighted by atomic mass is 9.89. The van der Waals surface area contributed by atoms with E-state index in [0.29, 0.717) is 31.8 Å². The molecule has 0 atom stereocenters. The number of piperidine rings is 1. The zero-order valence-corrected chi connectivity index (χ0v) is 10.5. The fraction of sp³-hybridized carbons (Fsp3) is 0.429. The van der Waals surface area contributed by atoms with E-state index in [9.17, 15) is 9.59 Å². The SMILES string of the molecule is O=C1CC(c2ccc3c(c2)OCCCO3)CC(=O)N1. The summed E-state index contributed by atoms with van der Waals surface area (Å²) in [5.41, 5.74) is 0.951.